The first-order valence-electron chi connectivity index (χ1n) is 5.77. The molecule has 2 aromatic rings. The van der Waals surface area contributed by atoms with Crippen molar-refractivity contribution in [1.82, 2.24) is 0 Å². The van der Waals surface area contributed by atoms with Crippen LogP contribution in [-0.2, 0) is 10.0 Å². The minimum Gasteiger partial charge on any atom is -0.494 e. The van der Waals surface area contributed by atoms with E-state index in [0.29, 0.717) is 4.88 Å². The molecule has 0 spiro atoms. The highest BCUT2D eigenvalue weighted by Gasteiger charge is 2.19. The van der Waals surface area contributed by atoms with Crippen molar-refractivity contribution < 1.29 is 17.5 Å². The van der Waals surface area contributed by atoms with Crippen LogP contribution in [0.1, 0.15) is 9.75 Å². The number of anilines is 1. The number of ether oxygens (including phenoxy) is 1. The molecule has 108 valence electrons. The Morgan fingerprint density at radius 1 is 1.25 bits per heavy atom. The molecule has 0 fully saturated rings. The van der Waals surface area contributed by atoms with Gasteiger partial charge in [-0.05, 0) is 32.0 Å². The molecule has 1 aromatic heterocycles. The van der Waals surface area contributed by atoms with Crippen LogP contribution in [0.25, 0.3) is 0 Å². The van der Waals surface area contributed by atoms with Gasteiger partial charge in [0.25, 0.3) is 10.0 Å². The molecule has 7 heteroatoms. The van der Waals surface area contributed by atoms with Gasteiger partial charge in [-0.2, -0.15) is 0 Å². The van der Waals surface area contributed by atoms with E-state index in [9.17, 15) is 12.8 Å². The van der Waals surface area contributed by atoms with Gasteiger partial charge in [0.05, 0.1) is 12.8 Å². The van der Waals surface area contributed by atoms with Gasteiger partial charge >= 0.3 is 0 Å². The molecule has 0 unspecified atom stereocenters. The van der Waals surface area contributed by atoms with Crippen LogP contribution in [0, 0.1) is 19.7 Å². The third-order valence-corrected chi connectivity index (χ3v) is 5.29. The second-order valence-corrected chi connectivity index (χ2v) is 7.34. The molecule has 1 N–H and O–H groups in total. The Morgan fingerprint density at radius 3 is 2.45 bits per heavy atom. The van der Waals surface area contributed by atoms with Gasteiger partial charge in [0.2, 0.25) is 0 Å². The Kier molecular flexibility index (Phi) is 4.01. The normalized spacial score (nSPS) is 11.4. The Labute approximate surface area is 121 Å². The third kappa shape index (κ3) is 2.94. The third-order valence-electron chi connectivity index (χ3n) is 2.69. The van der Waals surface area contributed by atoms with E-state index in [0.717, 1.165) is 10.9 Å². The summed E-state index contributed by atoms with van der Waals surface area (Å²) in [5, 5.41) is 0. The summed E-state index contributed by atoms with van der Waals surface area (Å²) in [5.41, 5.74) is 0.159. The Balaban J connectivity index is 2.33. The molecule has 0 aliphatic carbocycles. The highest BCUT2D eigenvalue weighted by molar-refractivity contribution is 7.93. The van der Waals surface area contributed by atoms with Crippen LogP contribution in [-0.4, -0.2) is 15.5 Å². The summed E-state index contributed by atoms with van der Waals surface area (Å²) in [5.74, 6) is -0.554. The number of methoxy groups -OCH3 is 1. The molecule has 0 amide bonds. The van der Waals surface area contributed by atoms with Gasteiger partial charge in [0.15, 0.2) is 11.6 Å². The van der Waals surface area contributed by atoms with Crippen LogP contribution < -0.4 is 9.46 Å². The number of aryl methyl sites for hydroxylation is 2. The van der Waals surface area contributed by atoms with E-state index in [4.69, 9.17) is 4.74 Å². The summed E-state index contributed by atoms with van der Waals surface area (Å²) in [4.78, 5) is 1.82. The van der Waals surface area contributed by atoms with Crippen LogP contribution in [0.4, 0.5) is 10.1 Å². The topological polar surface area (TPSA) is 55.4 Å². The number of rotatable bonds is 4. The fourth-order valence-corrected chi connectivity index (χ4v) is 4.42. The van der Waals surface area contributed by atoms with Crippen molar-refractivity contribution in [2.24, 2.45) is 0 Å². The molecule has 20 heavy (non-hydrogen) atoms. The molecule has 0 radical (unpaired) electrons. The summed E-state index contributed by atoms with van der Waals surface area (Å²) < 4.78 is 45.2. The van der Waals surface area contributed by atoms with E-state index in [1.54, 1.807) is 13.0 Å². The SMILES string of the molecule is COc1ccc(NS(=O)(=O)c2cc(C)sc2C)cc1F. The summed E-state index contributed by atoms with van der Waals surface area (Å²) in [6.45, 7) is 3.57. The minimum absolute atomic E-state index is 0.0653. The molecule has 1 aromatic carbocycles. The number of hydrogen-bond donors (Lipinski definition) is 1. The minimum atomic E-state index is -3.71. The molecule has 0 bridgehead atoms. The lowest BCUT2D eigenvalue weighted by molar-refractivity contribution is 0.386. The van der Waals surface area contributed by atoms with E-state index >= 15 is 0 Å². The van der Waals surface area contributed by atoms with Gasteiger partial charge < -0.3 is 4.74 Å². The van der Waals surface area contributed by atoms with Crippen molar-refractivity contribution in [2.45, 2.75) is 18.7 Å². The van der Waals surface area contributed by atoms with Gasteiger partial charge in [0, 0.05) is 15.8 Å². The molecule has 2 rings (SSSR count). The predicted octanol–water partition coefficient (Wildman–Crippen LogP) is 3.31. The predicted molar refractivity (Wildman–Crippen MR) is 77.6 cm³/mol. The average Bonchev–Trinajstić information content (AvgIpc) is 2.69. The van der Waals surface area contributed by atoms with Crippen LogP contribution in [0.3, 0.4) is 0 Å². The van der Waals surface area contributed by atoms with Gasteiger partial charge in [-0.15, -0.1) is 11.3 Å². The monoisotopic (exact) mass is 315 g/mol. The second-order valence-electron chi connectivity index (χ2n) is 4.23. The standard InChI is InChI=1S/C13H14FNO3S2/c1-8-6-13(9(2)19-8)20(16,17)15-10-4-5-12(18-3)11(14)7-10/h4-7,15H,1-3H3. The number of sulfonamides is 1. The fraction of sp³-hybridized carbons (Fsp3) is 0.231. The number of benzene rings is 1. The first kappa shape index (κ1) is 14.8. The van der Waals surface area contributed by atoms with Crippen molar-refractivity contribution in [2.75, 3.05) is 11.8 Å². The molecule has 0 aliphatic rings. The molecule has 0 saturated heterocycles. The zero-order valence-electron chi connectivity index (χ0n) is 11.2. The molecule has 1 heterocycles. The van der Waals surface area contributed by atoms with Crippen LogP contribution in [0.5, 0.6) is 5.75 Å². The molecule has 0 atom stereocenters. The highest BCUT2D eigenvalue weighted by atomic mass is 32.2. The summed E-state index contributed by atoms with van der Waals surface area (Å²) >= 11 is 1.40. The highest BCUT2D eigenvalue weighted by Crippen LogP contribution is 2.28. The Morgan fingerprint density at radius 2 is 1.95 bits per heavy atom. The van der Waals surface area contributed by atoms with Crippen LogP contribution in [0.15, 0.2) is 29.2 Å². The van der Waals surface area contributed by atoms with Gasteiger partial charge in [-0.25, -0.2) is 12.8 Å². The summed E-state index contributed by atoms with van der Waals surface area (Å²) in [7, 11) is -2.36. The van der Waals surface area contributed by atoms with E-state index in [1.165, 1.54) is 30.6 Å². The van der Waals surface area contributed by atoms with Crippen LogP contribution in [0.2, 0.25) is 0 Å². The lowest BCUT2D eigenvalue weighted by Gasteiger charge is -2.09. The molecule has 4 nitrogen and oxygen atoms in total. The van der Waals surface area contributed by atoms with Crippen molar-refractivity contribution in [3.05, 3.63) is 39.8 Å². The maximum Gasteiger partial charge on any atom is 0.263 e. The van der Waals surface area contributed by atoms with Crippen molar-refractivity contribution in [3.63, 3.8) is 0 Å². The van der Waals surface area contributed by atoms with Gasteiger partial charge in [0.1, 0.15) is 4.90 Å². The Bertz CT molecular complexity index is 738. The number of halogens is 1. The number of thiophene rings is 1. The molecule has 0 saturated carbocycles. The molecular weight excluding hydrogens is 301 g/mol. The summed E-state index contributed by atoms with van der Waals surface area (Å²) in [6.07, 6.45) is 0. The Hall–Kier alpha value is -1.60. The quantitative estimate of drug-likeness (QED) is 0.941. The number of nitrogens with one attached hydrogen (secondary N) is 1. The first-order valence-corrected chi connectivity index (χ1v) is 8.07. The zero-order chi connectivity index (χ0) is 14.9. The fourth-order valence-electron chi connectivity index (χ4n) is 1.81. The van der Waals surface area contributed by atoms with Crippen molar-refractivity contribution >= 4 is 27.0 Å². The lowest BCUT2D eigenvalue weighted by atomic mass is 10.3. The lowest BCUT2D eigenvalue weighted by Crippen LogP contribution is -2.13. The maximum atomic E-state index is 13.6. The zero-order valence-corrected chi connectivity index (χ0v) is 12.9. The van der Waals surface area contributed by atoms with E-state index < -0.39 is 15.8 Å². The van der Waals surface area contributed by atoms with E-state index in [1.807, 2.05) is 6.92 Å². The van der Waals surface area contributed by atoms with Crippen LogP contribution >= 0.6 is 11.3 Å². The van der Waals surface area contributed by atoms with E-state index in [-0.39, 0.29) is 16.3 Å². The second kappa shape index (κ2) is 5.41. The molecule has 0 aliphatic heterocycles. The summed E-state index contributed by atoms with van der Waals surface area (Å²) in [6, 6.07) is 5.51. The first-order chi connectivity index (χ1) is 9.33. The van der Waals surface area contributed by atoms with E-state index in [2.05, 4.69) is 4.72 Å². The number of hydrogen-bond acceptors (Lipinski definition) is 4. The van der Waals surface area contributed by atoms with Gasteiger partial charge in [-0.3, -0.25) is 4.72 Å². The van der Waals surface area contributed by atoms with Gasteiger partial charge in [-0.1, -0.05) is 0 Å². The van der Waals surface area contributed by atoms with Crippen molar-refractivity contribution in [1.29, 1.82) is 0 Å². The largest absolute Gasteiger partial charge is 0.494 e. The maximum absolute atomic E-state index is 13.6. The molecular formula is C13H14FNO3S2. The van der Waals surface area contributed by atoms with Crippen molar-refractivity contribution in [3.8, 4) is 5.75 Å². The smallest absolute Gasteiger partial charge is 0.263 e. The average molecular weight is 315 g/mol.